The lowest BCUT2D eigenvalue weighted by molar-refractivity contribution is 0.0945. The molecule has 0 radical (unpaired) electrons. The molecule has 0 aliphatic rings. The Morgan fingerprint density at radius 3 is 2.65 bits per heavy atom. The zero-order chi connectivity index (χ0) is 22.5. The van der Waals surface area contributed by atoms with Gasteiger partial charge in [-0.05, 0) is 50.5 Å². The molecule has 160 valence electrons. The number of likely N-dealkylation sites (N-methyl/N-ethyl adjacent to an activating group) is 1. The van der Waals surface area contributed by atoms with E-state index < -0.39 is 11.3 Å². The number of hydrogen-bond acceptors (Lipinski definition) is 6. The predicted octanol–water partition coefficient (Wildman–Crippen LogP) is 1.83. The van der Waals surface area contributed by atoms with Crippen molar-refractivity contribution in [2.24, 2.45) is 7.05 Å². The van der Waals surface area contributed by atoms with E-state index in [0.717, 1.165) is 0 Å². The molecule has 3 aromatic rings. The third kappa shape index (κ3) is 4.87. The number of hydrogen-bond donors (Lipinski definition) is 2. The molecule has 0 saturated carbocycles. The van der Waals surface area contributed by atoms with Crippen molar-refractivity contribution in [1.29, 1.82) is 0 Å². The lowest BCUT2D eigenvalue weighted by atomic mass is 10.1. The maximum atomic E-state index is 12.7. The molecule has 0 aliphatic carbocycles. The lowest BCUT2D eigenvalue weighted by Gasteiger charge is -2.10. The van der Waals surface area contributed by atoms with Gasteiger partial charge in [-0.25, -0.2) is 4.98 Å². The van der Waals surface area contributed by atoms with Crippen LogP contribution in [0, 0.1) is 0 Å². The molecular formula is C23H24N4O4. The first kappa shape index (κ1) is 21.9. The van der Waals surface area contributed by atoms with Gasteiger partial charge in [-0.2, -0.15) is 0 Å². The smallest absolute Gasteiger partial charge is 0.269 e. The number of ketones is 1. The predicted molar refractivity (Wildman–Crippen MR) is 119 cm³/mol. The zero-order valence-electron chi connectivity index (χ0n) is 17.6. The summed E-state index contributed by atoms with van der Waals surface area (Å²) in [5.74, 6) is -1.31. The van der Waals surface area contributed by atoms with E-state index in [-0.39, 0.29) is 22.9 Å². The van der Waals surface area contributed by atoms with E-state index in [1.54, 1.807) is 49.5 Å². The molecule has 8 heteroatoms. The van der Waals surface area contributed by atoms with Crippen LogP contribution in [0.4, 0.5) is 0 Å². The summed E-state index contributed by atoms with van der Waals surface area (Å²) < 4.78 is 1.33. The molecule has 0 unspecified atom stereocenters. The highest BCUT2D eigenvalue weighted by atomic mass is 16.3. The number of benzene rings is 1. The number of aromatic nitrogens is 2. The topological polar surface area (TPSA) is 105 Å². The molecular weight excluding hydrogens is 396 g/mol. The summed E-state index contributed by atoms with van der Waals surface area (Å²) in [6.45, 7) is 1.18. The second-order valence-corrected chi connectivity index (χ2v) is 7.31. The second-order valence-electron chi connectivity index (χ2n) is 7.31. The average molecular weight is 420 g/mol. The second kappa shape index (κ2) is 9.36. The van der Waals surface area contributed by atoms with Crippen LogP contribution in [0.1, 0.15) is 26.5 Å². The number of allylic oxidation sites excluding steroid dienone is 1. The van der Waals surface area contributed by atoms with Crippen molar-refractivity contribution in [3.05, 3.63) is 75.8 Å². The average Bonchev–Trinajstić information content (AvgIpc) is 2.76. The Kier molecular flexibility index (Phi) is 6.61. The van der Waals surface area contributed by atoms with E-state index in [9.17, 15) is 19.5 Å². The largest absolute Gasteiger partial charge is 0.506 e. The molecule has 0 bridgehead atoms. The van der Waals surface area contributed by atoms with Crippen molar-refractivity contribution in [3.63, 3.8) is 0 Å². The van der Waals surface area contributed by atoms with E-state index in [0.29, 0.717) is 29.7 Å². The summed E-state index contributed by atoms with van der Waals surface area (Å²) in [6, 6.07) is 11.7. The van der Waals surface area contributed by atoms with Gasteiger partial charge in [0, 0.05) is 25.5 Å². The number of rotatable bonds is 7. The normalized spacial score (nSPS) is 11.4. The Bertz CT molecular complexity index is 1230. The molecule has 2 heterocycles. The highest BCUT2D eigenvalue weighted by molar-refractivity contribution is 6.11. The van der Waals surface area contributed by atoms with Gasteiger partial charge in [0.2, 0.25) is 0 Å². The van der Waals surface area contributed by atoms with Crippen molar-refractivity contribution < 1.29 is 14.7 Å². The van der Waals surface area contributed by atoms with Crippen LogP contribution >= 0.6 is 0 Å². The van der Waals surface area contributed by atoms with Gasteiger partial charge in [0.15, 0.2) is 5.78 Å². The zero-order valence-corrected chi connectivity index (χ0v) is 17.6. The molecule has 0 saturated heterocycles. The standard InChI is InChI=1S/C23H24N4O4/c1-26(2)14-13-24-22(30)17-9-6-7-15(25-17)11-12-19(28)20-21(29)16-8-4-5-10-18(16)27(3)23(20)31/h4-12,29H,13-14H2,1-3H3,(H,24,30)/b12-11+. The number of aryl methyl sites for hydroxylation is 1. The molecule has 2 N–H and O–H groups in total. The van der Waals surface area contributed by atoms with Crippen molar-refractivity contribution in [2.75, 3.05) is 27.2 Å². The van der Waals surface area contributed by atoms with Gasteiger partial charge in [-0.15, -0.1) is 0 Å². The Hall–Kier alpha value is -3.78. The van der Waals surface area contributed by atoms with Crippen LogP contribution in [0.5, 0.6) is 5.75 Å². The van der Waals surface area contributed by atoms with Crippen LogP contribution in [0.15, 0.2) is 53.3 Å². The first-order valence-corrected chi connectivity index (χ1v) is 9.72. The van der Waals surface area contributed by atoms with E-state index >= 15 is 0 Å². The van der Waals surface area contributed by atoms with Crippen molar-refractivity contribution in [1.82, 2.24) is 19.8 Å². The van der Waals surface area contributed by atoms with Gasteiger partial charge >= 0.3 is 0 Å². The Balaban J connectivity index is 1.84. The number of para-hydroxylation sites is 1. The van der Waals surface area contributed by atoms with Gasteiger partial charge in [-0.3, -0.25) is 14.4 Å². The summed E-state index contributed by atoms with van der Waals surface area (Å²) in [5, 5.41) is 13.7. The summed E-state index contributed by atoms with van der Waals surface area (Å²) in [7, 11) is 5.37. The molecule has 0 atom stereocenters. The van der Waals surface area contributed by atoms with Crippen LogP contribution in [0.25, 0.3) is 17.0 Å². The first-order chi connectivity index (χ1) is 14.8. The number of fused-ring (bicyclic) bond motifs is 1. The number of pyridine rings is 2. The Labute approximate surface area is 179 Å². The Morgan fingerprint density at radius 1 is 1.16 bits per heavy atom. The van der Waals surface area contributed by atoms with Crippen LogP contribution < -0.4 is 10.9 Å². The van der Waals surface area contributed by atoms with Crippen LogP contribution in [0.3, 0.4) is 0 Å². The minimum absolute atomic E-state index is 0.220. The quantitative estimate of drug-likeness (QED) is 0.446. The first-order valence-electron chi connectivity index (χ1n) is 9.72. The van der Waals surface area contributed by atoms with Crippen molar-refractivity contribution in [3.8, 4) is 5.75 Å². The van der Waals surface area contributed by atoms with Crippen LogP contribution in [0.2, 0.25) is 0 Å². The van der Waals surface area contributed by atoms with Gasteiger partial charge in [0.05, 0.1) is 11.2 Å². The maximum Gasteiger partial charge on any atom is 0.269 e. The molecule has 0 aliphatic heterocycles. The van der Waals surface area contributed by atoms with E-state index in [1.807, 2.05) is 19.0 Å². The highest BCUT2D eigenvalue weighted by Gasteiger charge is 2.19. The molecule has 2 aromatic heterocycles. The monoisotopic (exact) mass is 420 g/mol. The van der Waals surface area contributed by atoms with Crippen LogP contribution in [-0.4, -0.2) is 58.4 Å². The number of amides is 1. The van der Waals surface area contributed by atoms with Crippen molar-refractivity contribution in [2.45, 2.75) is 0 Å². The fraction of sp³-hybridized carbons (Fsp3) is 0.217. The summed E-state index contributed by atoms with van der Waals surface area (Å²) in [4.78, 5) is 43.7. The molecule has 1 amide bonds. The molecule has 8 nitrogen and oxygen atoms in total. The van der Waals surface area contributed by atoms with E-state index in [4.69, 9.17) is 0 Å². The van der Waals surface area contributed by atoms with E-state index in [1.165, 1.54) is 16.7 Å². The minimum atomic E-state index is -0.647. The van der Waals surface area contributed by atoms with Gasteiger partial charge in [0.1, 0.15) is 17.0 Å². The van der Waals surface area contributed by atoms with Gasteiger partial charge < -0.3 is 19.9 Å². The number of nitrogens with one attached hydrogen (secondary N) is 1. The SMILES string of the molecule is CN(C)CCNC(=O)c1cccc(/C=C/C(=O)c2c(O)c3ccccc3n(C)c2=O)n1. The Morgan fingerprint density at radius 2 is 1.90 bits per heavy atom. The number of nitrogens with zero attached hydrogens (tertiary/aromatic N) is 3. The molecule has 3 rings (SSSR count). The maximum absolute atomic E-state index is 12.7. The summed E-state index contributed by atoms with van der Waals surface area (Å²) in [5.41, 5.74) is 0.228. The molecule has 0 spiro atoms. The minimum Gasteiger partial charge on any atom is -0.506 e. The van der Waals surface area contributed by atoms with E-state index in [2.05, 4.69) is 10.3 Å². The molecule has 1 aromatic carbocycles. The highest BCUT2D eigenvalue weighted by Crippen LogP contribution is 2.26. The fourth-order valence-corrected chi connectivity index (χ4v) is 3.10. The third-order valence-corrected chi connectivity index (χ3v) is 4.78. The third-order valence-electron chi connectivity index (χ3n) is 4.78. The number of carbonyl (C=O) groups excluding carboxylic acids is 2. The summed E-state index contributed by atoms with van der Waals surface area (Å²) in [6.07, 6.45) is 2.58. The number of carbonyl (C=O) groups is 2. The molecule has 0 fully saturated rings. The van der Waals surface area contributed by atoms with Gasteiger partial charge in [-0.1, -0.05) is 18.2 Å². The van der Waals surface area contributed by atoms with Crippen LogP contribution in [-0.2, 0) is 7.05 Å². The molecule has 31 heavy (non-hydrogen) atoms. The summed E-state index contributed by atoms with van der Waals surface area (Å²) >= 11 is 0. The van der Waals surface area contributed by atoms with Crippen molar-refractivity contribution >= 4 is 28.7 Å². The fourth-order valence-electron chi connectivity index (χ4n) is 3.10. The lowest BCUT2D eigenvalue weighted by Crippen LogP contribution is -2.31. The number of aromatic hydroxyl groups is 1. The van der Waals surface area contributed by atoms with Gasteiger partial charge in [0.25, 0.3) is 11.5 Å².